The lowest BCUT2D eigenvalue weighted by Crippen LogP contribution is -2.28. The molecule has 0 radical (unpaired) electrons. The molecule has 3 N–H and O–H groups in total. The highest BCUT2D eigenvalue weighted by Gasteiger charge is 2.18. The maximum absolute atomic E-state index is 12.6. The molecule has 36 heavy (non-hydrogen) atoms. The molecule has 2 rings (SSSR count). The zero-order valence-corrected chi connectivity index (χ0v) is 23.1. The van der Waals surface area contributed by atoms with Crippen LogP contribution in [0.15, 0.2) is 63.5 Å². The van der Waals surface area contributed by atoms with E-state index in [-0.39, 0.29) is 24.0 Å². The Morgan fingerprint density at radius 3 is 2.31 bits per heavy atom. The fraction of sp³-hybridized carbons (Fsp3) is 0.520. The van der Waals surface area contributed by atoms with E-state index in [1.807, 2.05) is 25.3 Å². The van der Waals surface area contributed by atoms with Crippen LogP contribution in [0.1, 0.15) is 17.9 Å². The summed E-state index contributed by atoms with van der Waals surface area (Å²) < 4.78 is 43.8. The fourth-order valence-corrected chi connectivity index (χ4v) is 5.02. The lowest BCUT2D eigenvalue weighted by Gasteiger charge is -2.25. The van der Waals surface area contributed by atoms with E-state index in [0.717, 1.165) is 17.7 Å². The number of sulfonamides is 1. The summed E-state index contributed by atoms with van der Waals surface area (Å²) in [6.07, 6.45) is 4.33. The smallest absolute Gasteiger partial charge is 0.240 e. The molecule has 1 aliphatic rings. The average Bonchev–Trinajstić information content (AvgIpc) is 2.84. The third-order valence-corrected chi connectivity index (χ3v) is 7.52. The number of rotatable bonds is 14. The molecule has 1 aromatic rings. The van der Waals surface area contributed by atoms with Crippen LogP contribution >= 0.6 is 23.2 Å². The minimum Gasteiger partial charge on any atom is -0.378 e. The van der Waals surface area contributed by atoms with Gasteiger partial charge in [0, 0.05) is 42.2 Å². The molecule has 0 saturated carbocycles. The Morgan fingerprint density at radius 2 is 1.67 bits per heavy atom. The monoisotopic (exact) mass is 561 g/mol. The molecule has 1 atom stereocenters. The molecule has 202 valence electrons. The second-order valence-corrected chi connectivity index (χ2v) is 11.0. The Kier molecular flexibility index (Phi) is 14.2. The SMILES string of the molecule is C=C1CN(C)C[C@@H](c2ccc(S(=O)(=O)NCCOCCOCCOCCN)cc2)C/C=C(Cl)\C=C/1Cl. The number of nitrogens with one attached hydrogen (secondary N) is 1. The summed E-state index contributed by atoms with van der Waals surface area (Å²) in [5.41, 5.74) is 7.15. The van der Waals surface area contributed by atoms with Crippen LogP contribution in [0.4, 0.5) is 0 Å². The summed E-state index contributed by atoms with van der Waals surface area (Å²) in [5.74, 6) is 0.134. The van der Waals surface area contributed by atoms with Gasteiger partial charge in [-0.25, -0.2) is 13.1 Å². The van der Waals surface area contributed by atoms with E-state index in [1.165, 1.54) is 0 Å². The maximum Gasteiger partial charge on any atom is 0.240 e. The molecule has 1 heterocycles. The van der Waals surface area contributed by atoms with Crippen LogP contribution in [0.3, 0.4) is 0 Å². The predicted molar refractivity (Wildman–Crippen MR) is 145 cm³/mol. The van der Waals surface area contributed by atoms with Crippen LogP contribution in [0.2, 0.25) is 0 Å². The van der Waals surface area contributed by atoms with Crippen molar-refractivity contribution in [3.63, 3.8) is 0 Å². The first-order valence-corrected chi connectivity index (χ1v) is 14.1. The van der Waals surface area contributed by atoms with Crippen LogP contribution in [0.5, 0.6) is 0 Å². The van der Waals surface area contributed by atoms with Crippen LogP contribution in [-0.2, 0) is 24.2 Å². The molecule has 0 amide bonds. The highest BCUT2D eigenvalue weighted by Crippen LogP contribution is 2.27. The summed E-state index contributed by atoms with van der Waals surface area (Å²) >= 11 is 12.6. The Morgan fingerprint density at radius 1 is 1.06 bits per heavy atom. The lowest BCUT2D eigenvalue weighted by molar-refractivity contribution is 0.0171. The maximum atomic E-state index is 12.6. The van der Waals surface area contributed by atoms with Crippen molar-refractivity contribution in [2.75, 3.05) is 72.9 Å². The molecule has 0 aromatic heterocycles. The topological polar surface area (TPSA) is 103 Å². The number of ether oxygens (including phenoxy) is 3. The molecule has 0 unspecified atom stereocenters. The fourth-order valence-electron chi connectivity index (χ4n) is 3.57. The van der Waals surface area contributed by atoms with E-state index >= 15 is 0 Å². The lowest BCUT2D eigenvalue weighted by atomic mass is 9.94. The molecule has 0 aliphatic carbocycles. The molecule has 11 heteroatoms. The van der Waals surface area contributed by atoms with Gasteiger partial charge < -0.3 is 24.8 Å². The summed E-state index contributed by atoms with van der Waals surface area (Å²) in [7, 11) is -1.64. The number of likely N-dealkylation sites (N-methyl/N-ethyl adjacent to an activating group) is 1. The van der Waals surface area contributed by atoms with Crippen molar-refractivity contribution in [1.29, 1.82) is 0 Å². The van der Waals surface area contributed by atoms with Gasteiger partial charge in [-0.15, -0.1) is 0 Å². The van der Waals surface area contributed by atoms with Gasteiger partial charge in [0.2, 0.25) is 10.0 Å². The van der Waals surface area contributed by atoms with Gasteiger partial charge in [-0.1, -0.05) is 48.0 Å². The average molecular weight is 563 g/mol. The van der Waals surface area contributed by atoms with Crippen LogP contribution < -0.4 is 10.5 Å². The molecule has 8 nitrogen and oxygen atoms in total. The van der Waals surface area contributed by atoms with Gasteiger partial charge in [0.05, 0.1) is 44.5 Å². The first kappa shape index (κ1) is 31.0. The Hall–Kier alpha value is -1.27. The number of nitrogens with zero attached hydrogens (tertiary/aromatic N) is 1. The minimum absolute atomic E-state index is 0.134. The number of allylic oxidation sites excluding steroid dienone is 3. The molecule has 0 spiro atoms. The van der Waals surface area contributed by atoms with Crippen LogP contribution in [-0.4, -0.2) is 86.2 Å². The number of hydrogen-bond donors (Lipinski definition) is 2. The van der Waals surface area contributed by atoms with E-state index in [9.17, 15) is 8.42 Å². The van der Waals surface area contributed by atoms with E-state index in [2.05, 4.69) is 16.2 Å². The van der Waals surface area contributed by atoms with Gasteiger partial charge in [-0.3, -0.25) is 0 Å². The Balaban J connectivity index is 1.83. The van der Waals surface area contributed by atoms with Crippen molar-refractivity contribution in [3.8, 4) is 0 Å². The highest BCUT2D eigenvalue weighted by atomic mass is 35.5. The predicted octanol–water partition coefficient (Wildman–Crippen LogP) is 3.19. The Bertz CT molecular complexity index is 984. The molecule has 1 aromatic carbocycles. The molecule has 1 aliphatic heterocycles. The van der Waals surface area contributed by atoms with Gasteiger partial charge in [-0.05, 0) is 42.8 Å². The zero-order valence-electron chi connectivity index (χ0n) is 20.8. The van der Waals surface area contributed by atoms with Crippen LogP contribution in [0, 0.1) is 0 Å². The zero-order chi connectivity index (χ0) is 26.4. The largest absolute Gasteiger partial charge is 0.378 e. The third-order valence-electron chi connectivity index (χ3n) is 5.40. The van der Waals surface area contributed by atoms with Crippen molar-refractivity contribution < 1.29 is 22.6 Å². The first-order chi connectivity index (χ1) is 17.2. The van der Waals surface area contributed by atoms with Crippen molar-refractivity contribution in [1.82, 2.24) is 9.62 Å². The molecule has 0 saturated heterocycles. The third kappa shape index (κ3) is 11.4. The van der Waals surface area contributed by atoms with Gasteiger partial charge in [0.1, 0.15) is 0 Å². The summed E-state index contributed by atoms with van der Waals surface area (Å²) in [6, 6.07) is 6.95. The summed E-state index contributed by atoms with van der Waals surface area (Å²) in [6.45, 7) is 8.53. The Labute approximate surface area is 225 Å². The summed E-state index contributed by atoms with van der Waals surface area (Å²) in [5, 5.41) is 1.11. The molecular weight excluding hydrogens is 525 g/mol. The van der Waals surface area contributed by atoms with E-state index < -0.39 is 10.0 Å². The van der Waals surface area contributed by atoms with E-state index in [4.69, 9.17) is 43.1 Å². The number of benzene rings is 1. The molecular formula is C25H37Cl2N3O5S. The first-order valence-electron chi connectivity index (χ1n) is 11.9. The molecule has 0 fully saturated rings. The standard InChI is InChI=1S/C25H37Cl2N3O5S/c1-20-18-30(2)19-22(3-6-23(26)17-25(20)27)21-4-7-24(8-5-21)36(31,32)29-10-12-34-14-16-35-15-13-33-11-9-28/h4-8,17,22,29H,1,3,9-16,18-19,28H2,2H3/b23-6+,25-17+/t22-/m0/s1. The highest BCUT2D eigenvalue weighted by molar-refractivity contribution is 7.89. The van der Waals surface area contributed by atoms with E-state index in [1.54, 1.807) is 18.2 Å². The van der Waals surface area contributed by atoms with Gasteiger partial charge in [0.15, 0.2) is 0 Å². The quantitative estimate of drug-likeness (QED) is 0.336. The van der Waals surface area contributed by atoms with Crippen molar-refractivity contribution in [2.45, 2.75) is 17.2 Å². The van der Waals surface area contributed by atoms with Gasteiger partial charge in [-0.2, -0.15) is 0 Å². The number of halogens is 2. The number of hydrogen-bond acceptors (Lipinski definition) is 7. The van der Waals surface area contributed by atoms with Crippen molar-refractivity contribution >= 4 is 33.2 Å². The van der Waals surface area contributed by atoms with Crippen molar-refractivity contribution in [2.24, 2.45) is 5.73 Å². The molecule has 0 bridgehead atoms. The normalized spacial score (nSPS) is 21.0. The second-order valence-electron chi connectivity index (χ2n) is 8.41. The van der Waals surface area contributed by atoms with Gasteiger partial charge >= 0.3 is 0 Å². The minimum atomic E-state index is -3.64. The van der Waals surface area contributed by atoms with E-state index in [0.29, 0.717) is 62.6 Å². The second kappa shape index (κ2) is 16.5. The van der Waals surface area contributed by atoms with Crippen LogP contribution in [0.25, 0.3) is 0 Å². The summed E-state index contributed by atoms with van der Waals surface area (Å²) in [4.78, 5) is 2.35. The van der Waals surface area contributed by atoms with Crippen molar-refractivity contribution in [3.05, 3.63) is 64.2 Å². The number of nitrogens with two attached hydrogens (primary N) is 1. The van der Waals surface area contributed by atoms with Gasteiger partial charge in [0.25, 0.3) is 0 Å².